The van der Waals surface area contributed by atoms with Gasteiger partial charge in [-0.25, -0.2) is 0 Å². The number of likely N-dealkylation sites (tertiary alicyclic amines) is 1. The Morgan fingerprint density at radius 1 is 1.29 bits per heavy atom. The first kappa shape index (κ1) is 16.5. The van der Waals surface area contributed by atoms with Crippen LogP contribution < -0.4 is 5.32 Å². The molecule has 3 rings (SSSR count). The van der Waals surface area contributed by atoms with E-state index in [2.05, 4.69) is 28.4 Å². The second-order valence-electron chi connectivity index (χ2n) is 5.89. The molecule has 5 heteroatoms. The highest BCUT2D eigenvalue weighted by molar-refractivity contribution is 6.31. The maximum absolute atomic E-state index is 12.4. The normalized spacial score (nSPS) is 17.4. The summed E-state index contributed by atoms with van der Waals surface area (Å²) in [5, 5.41) is 12.4. The Morgan fingerprint density at radius 3 is 2.83 bits per heavy atom. The Labute approximate surface area is 146 Å². The van der Waals surface area contributed by atoms with Gasteiger partial charge in [0.05, 0.1) is 17.8 Å². The van der Waals surface area contributed by atoms with Crippen molar-refractivity contribution in [2.24, 2.45) is 0 Å². The molecule has 2 aromatic rings. The summed E-state index contributed by atoms with van der Waals surface area (Å²) in [6.45, 7) is 1.20. The number of nitrogens with one attached hydrogen (secondary N) is 1. The highest BCUT2D eigenvalue weighted by Crippen LogP contribution is 2.31. The highest BCUT2D eigenvalue weighted by Gasteiger charge is 2.27. The zero-order valence-electron chi connectivity index (χ0n) is 13.2. The van der Waals surface area contributed by atoms with Crippen molar-refractivity contribution in [2.45, 2.75) is 18.9 Å². The zero-order valence-corrected chi connectivity index (χ0v) is 14.0. The van der Waals surface area contributed by atoms with Crippen molar-refractivity contribution in [1.29, 1.82) is 5.26 Å². The molecule has 2 aromatic carbocycles. The molecule has 1 saturated heterocycles. The van der Waals surface area contributed by atoms with Crippen molar-refractivity contribution in [1.82, 2.24) is 4.90 Å². The van der Waals surface area contributed by atoms with Crippen LogP contribution >= 0.6 is 11.6 Å². The number of carbonyl (C=O) groups is 1. The fourth-order valence-electron chi connectivity index (χ4n) is 3.16. The number of nitrogens with zero attached hydrogens (tertiary/aromatic N) is 2. The lowest BCUT2D eigenvalue weighted by molar-refractivity contribution is -0.117. The lowest BCUT2D eigenvalue weighted by Crippen LogP contribution is -2.33. The van der Waals surface area contributed by atoms with Crippen LogP contribution in [-0.4, -0.2) is 23.9 Å². The molecule has 122 valence electrons. The van der Waals surface area contributed by atoms with E-state index in [0.29, 0.717) is 22.8 Å². The van der Waals surface area contributed by atoms with Gasteiger partial charge in [-0.1, -0.05) is 41.9 Å². The van der Waals surface area contributed by atoms with Gasteiger partial charge in [0.2, 0.25) is 5.91 Å². The third kappa shape index (κ3) is 3.76. The Kier molecular flexibility index (Phi) is 5.14. The molecule has 1 amide bonds. The Morgan fingerprint density at radius 2 is 2.08 bits per heavy atom. The first-order valence-electron chi connectivity index (χ1n) is 7.96. The zero-order chi connectivity index (χ0) is 16.9. The predicted octanol–water partition coefficient (Wildman–Crippen LogP) is 3.99. The van der Waals surface area contributed by atoms with Gasteiger partial charge in [0.25, 0.3) is 0 Å². The summed E-state index contributed by atoms with van der Waals surface area (Å²) in [6.07, 6.45) is 2.13. The number of hydrogen-bond acceptors (Lipinski definition) is 3. The number of amides is 1. The lowest BCUT2D eigenvalue weighted by atomic mass is 10.0. The minimum Gasteiger partial charge on any atom is -0.324 e. The number of benzene rings is 2. The van der Waals surface area contributed by atoms with Gasteiger partial charge in [-0.05, 0) is 43.1 Å². The number of halogens is 1. The fraction of sp³-hybridized carbons (Fsp3) is 0.263. The molecule has 1 heterocycles. The molecule has 0 bridgehead atoms. The second-order valence-corrected chi connectivity index (χ2v) is 6.33. The van der Waals surface area contributed by atoms with Gasteiger partial charge < -0.3 is 5.32 Å². The third-order valence-corrected chi connectivity index (χ3v) is 4.51. The molecular weight excluding hydrogens is 322 g/mol. The average molecular weight is 340 g/mol. The maximum Gasteiger partial charge on any atom is 0.238 e. The molecular formula is C19H18ClN3O. The van der Waals surface area contributed by atoms with Crippen LogP contribution in [0.15, 0.2) is 48.5 Å². The summed E-state index contributed by atoms with van der Waals surface area (Å²) in [5.74, 6) is -0.128. The van der Waals surface area contributed by atoms with E-state index in [0.717, 1.165) is 19.4 Å². The van der Waals surface area contributed by atoms with E-state index >= 15 is 0 Å². The van der Waals surface area contributed by atoms with Crippen LogP contribution in [0.5, 0.6) is 0 Å². The van der Waals surface area contributed by atoms with Crippen LogP contribution in [-0.2, 0) is 4.79 Å². The molecule has 1 aliphatic rings. The minimum atomic E-state index is -0.128. The van der Waals surface area contributed by atoms with E-state index in [1.165, 1.54) is 5.56 Å². The Hall–Kier alpha value is -2.35. The Balaban J connectivity index is 1.69. The van der Waals surface area contributed by atoms with Gasteiger partial charge in [0, 0.05) is 11.1 Å². The highest BCUT2D eigenvalue weighted by atomic mass is 35.5. The summed E-state index contributed by atoms with van der Waals surface area (Å²) >= 11 is 5.96. The summed E-state index contributed by atoms with van der Waals surface area (Å²) in [6, 6.07) is 17.5. The largest absolute Gasteiger partial charge is 0.324 e. The van der Waals surface area contributed by atoms with Crippen molar-refractivity contribution < 1.29 is 4.79 Å². The van der Waals surface area contributed by atoms with E-state index in [1.54, 1.807) is 18.2 Å². The number of carbonyl (C=O) groups excluding carboxylic acids is 1. The van der Waals surface area contributed by atoms with Crippen molar-refractivity contribution in [3.05, 3.63) is 64.7 Å². The van der Waals surface area contributed by atoms with Crippen molar-refractivity contribution in [3.63, 3.8) is 0 Å². The van der Waals surface area contributed by atoms with Gasteiger partial charge in [-0.3, -0.25) is 9.69 Å². The smallest absolute Gasteiger partial charge is 0.238 e. The number of anilines is 1. The standard InChI is InChI=1S/C19H18ClN3O/c20-16-9-8-15(12-21)17(11-16)22-19(24)13-23-10-4-7-18(23)14-5-2-1-3-6-14/h1-3,5-6,8-9,11,18H,4,7,10,13H2,(H,22,24). The Bertz CT molecular complexity index is 770. The molecule has 1 unspecified atom stereocenters. The quantitative estimate of drug-likeness (QED) is 0.916. The molecule has 4 nitrogen and oxygen atoms in total. The number of rotatable bonds is 4. The van der Waals surface area contributed by atoms with Crippen LogP contribution in [0.4, 0.5) is 5.69 Å². The molecule has 1 atom stereocenters. The van der Waals surface area contributed by atoms with Crippen molar-refractivity contribution in [3.8, 4) is 6.07 Å². The minimum absolute atomic E-state index is 0.128. The van der Waals surface area contributed by atoms with Crippen LogP contribution in [0, 0.1) is 11.3 Å². The molecule has 1 aliphatic heterocycles. The van der Waals surface area contributed by atoms with E-state index in [9.17, 15) is 4.79 Å². The molecule has 0 spiro atoms. The van der Waals surface area contributed by atoms with Crippen LogP contribution in [0.25, 0.3) is 0 Å². The summed E-state index contributed by atoms with van der Waals surface area (Å²) in [7, 11) is 0. The fourth-order valence-corrected chi connectivity index (χ4v) is 3.33. The lowest BCUT2D eigenvalue weighted by Gasteiger charge is -2.24. The van der Waals surface area contributed by atoms with Crippen LogP contribution in [0.2, 0.25) is 5.02 Å². The van der Waals surface area contributed by atoms with Crippen molar-refractivity contribution in [2.75, 3.05) is 18.4 Å². The van der Waals surface area contributed by atoms with E-state index in [-0.39, 0.29) is 11.9 Å². The van der Waals surface area contributed by atoms with Gasteiger partial charge in [0.1, 0.15) is 6.07 Å². The SMILES string of the molecule is N#Cc1ccc(Cl)cc1NC(=O)CN1CCCC1c1ccccc1. The summed E-state index contributed by atoms with van der Waals surface area (Å²) in [4.78, 5) is 14.6. The van der Waals surface area contributed by atoms with Crippen LogP contribution in [0.3, 0.4) is 0 Å². The second kappa shape index (κ2) is 7.48. The first-order valence-corrected chi connectivity index (χ1v) is 8.33. The van der Waals surface area contributed by atoms with Crippen LogP contribution in [0.1, 0.15) is 30.0 Å². The number of nitriles is 1. The molecule has 0 aromatic heterocycles. The molecule has 1 fully saturated rings. The van der Waals surface area contributed by atoms with E-state index in [4.69, 9.17) is 16.9 Å². The summed E-state index contributed by atoms with van der Waals surface area (Å²) in [5.41, 5.74) is 2.11. The average Bonchev–Trinajstić information content (AvgIpc) is 3.04. The summed E-state index contributed by atoms with van der Waals surface area (Å²) < 4.78 is 0. The molecule has 1 N–H and O–H groups in total. The van der Waals surface area contributed by atoms with Gasteiger partial charge in [0.15, 0.2) is 0 Å². The molecule has 24 heavy (non-hydrogen) atoms. The van der Waals surface area contributed by atoms with Crippen molar-refractivity contribution >= 4 is 23.2 Å². The topological polar surface area (TPSA) is 56.1 Å². The molecule has 0 aliphatic carbocycles. The van der Waals surface area contributed by atoms with Gasteiger partial charge in [-0.2, -0.15) is 5.26 Å². The number of hydrogen-bond donors (Lipinski definition) is 1. The predicted molar refractivity (Wildman–Crippen MR) is 94.8 cm³/mol. The molecule has 0 saturated carbocycles. The third-order valence-electron chi connectivity index (χ3n) is 4.27. The first-order chi connectivity index (χ1) is 11.7. The maximum atomic E-state index is 12.4. The van der Waals surface area contributed by atoms with Gasteiger partial charge in [-0.15, -0.1) is 0 Å². The van der Waals surface area contributed by atoms with E-state index < -0.39 is 0 Å². The van der Waals surface area contributed by atoms with E-state index in [1.807, 2.05) is 18.2 Å². The molecule has 0 radical (unpaired) electrons. The van der Waals surface area contributed by atoms with Gasteiger partial charge >= 0.3 is 0 Å². The monoisotopic (exact) mass is 339 g/mol.